The van der Waals surface area contributed by atoms with E-state index in [1.165, 1.54) is 0 Å². The van der Waals surface area contributed by atoms with Crippen molar-refractivity contribution in [2.24, 2.45) is 0 Å². The number of hydrogen-bond donors (Lipinski definition) is 0. The van der Waals surface area contributed by atoms with Crippen molar-refractivity contribution in [2.75, 3.05) is 4.90 Å². The third-order valence-corrected chi connectivity index (χ3v) is 8.19. The van der Waals surface area contributed by atoms with Gasteiger partial charge in [0.15, 0.2) is 0 Å². The highest BCUT2D eigenvalue weighted by Crippen LogP contribution is 2.45. The van der Waals surface area contributed by atoms with Crippen LogP contribution in [0.25, 0.3) is 0 Å². The van der Waals surface area contributed by atoms with Gasteiger partial charge in [-0.3, -0.25) is 9.69 Å². The third-order valence-electron chi connectivity index (χ3n) is 7.70. The van der Waals surface area contributed by atoms with Crippen LogP contribution in [-0.4, -0.2) is 28.8 Å². The Morgan fingerprint density at radius 2 is 1.50 bits per heavy atom. The number of amides is 1. The van der Waals surface area contributed by atoms with Crippen LogP contribution in [0.4, 0.5) is 5.69 Å². The van der Waals surface area contributed by atoms with Crippen LogP contribution in [0.1, 0.15) is 80.8 Å². The van der Waals surface area contributed by atoms with E-state index in [9.17, 15) is 4.79 Å². The number of aromatic nitrogens is 1. The first-order valence-electron chi connectivity index (χ1n) is 12.3. The number of rotatable bonds is 4. The highest BCUT2D eigenvalue weighted by Gasteiger charge is 2.54. The summed E-state index contributed by atoms with van der Waals surface area (Å²) in [6, 6.07) is 15.0. The van der Waals surface area contributed by atoms with Gasteiger partial charge in [0.25, 0.3) is 5.91 Å². The zero-order chi connectivity index (χ0) is 26.2. The molecule has 1 atom stereocenters. The second-order valence-electron chi connectivity index (χ2n) is 11.0. The fraction of sp³-hybridized carbons (Fsp3) is 0.393. The summed E-state index contributed by atoms with van der Waals surface area (Å²) in [5, 5.41) is 1.23. The molecule has 2 aliphatic heterocycles. The average molecular weight is 525 g/mol. The summed E-state index contributed by atoms with van der Waals surface area (Å²) in [7, 11) is -0.581. The van der Waals surface area contributed by atoms with Gasteiger partial charge in [-0.15, -0.1) is 0 Å². The fourth-order valence-corrected chi connectivity index (χ4v) is 5.44. The Balaban J connectivity index is 1.73. The molecule has 1 amide bonds. The molecule has 3 heterocycles. The second kappa shape index (κ2) is 8.66. The van der Waals surface area contributed by atoms with Crippen LogP contribution in [0.3, 0.4) is 0 Å². The third kappa shape index (κ3) is 3.90. The predicted octanol–water partition coefficient (Wildman–Crippen LogP) is 6.73. The van der Waals surface area contributed by atoms with Gasteiger partial charge < -0.3 is 13.9 Å². The lowest BCUT2D eigenvalue weighted by Gasteiger charge is -2.32. The lowest BCUT2D eigenvalue weighted by Crippen LogP contribution is -2.42. The summed E-state index contributed by atoms with van der Waals surface area (Å²) in [5.74, 6) is -0.0764. The number of hydrogen-bond acceptors (Lipinski definition) is 3. The van der Waals surface area contributed by atoms with Crippen molar-refractivity contribution in [1.82, 2.24) is 4.57 Å². The minimum atomic E-state index is -0.581. The Morgan fingerprint density at radius 3 is 2.08 bits per heavy atom. The van der Waals surface area contributed by atoms with Crippen molar-refractivity contribution in [3.8, 4) is 0 Å². The van der Waals surface area contributed by atoms with Gasteiger partial charge in [0.2, 0.25) is 0 Å². The van der Waals surface area contributed by atoms with Crippen molar-refractivity contribution in [3.63, 3.8) is 0 Å². The van der Waals surface area contributed by atoms with Gasteiger partial charge in [0.1, 0.15) is 6.04 Å². The van der Waals surface area contributed by atoms with Gasteiger partial charge in [-0.05, 0) is 89.9 Å². The molecule has 1 fully saturated rings. The molecule has 5 nitrogen and oxygen atoms in total. The van der Waals surface area contributed by atoms with Gasteiger partial charge in [-0.1, -0.05) is 41.4 Å². The first kappa shape index (κ1) is 25.4. The smallest absolute Gasteiger partial charge is 0.398 e. The van der Waals surface area contributed by atoms with E-state index >= 15 is 0 Å². The van der Waals surface area contributed by atoms with Crippen LogP contribution in [0.5, 0.6) is 0 Å². The average Bonchev–Trinajstić information content (AvgIpc) is 3.37. The maximum atomic E-state index is 14.1. The van der Waals surface area contributed by atoms with Crippen LogP contribution >= 0.6 is 23.2 Å². The van der Waals surface area contributed by atoms with Crippen molar-refractivity contribution in [1.29, 1.82) is 0 Å². The molecule has 5 rings (SSSR count). The normalized spacial score (nSPS) is 20.5. The van der Waals surface area contributed by atoms with E-state index in [1.807, 2.05) is 88.0 Å². The molecule has 0 bridgehead atoms. The lowest BCUT2D eigenvalue weighted by atomic mass is 9.84. The van der Waals surface area contributed by atoms with Crippen LogP contribution in [0, 0.1) is 6.92 Å². The zero-order valence-corrected chi connectivity index (χ0v) is 23.2. The van der Waals surface area contributed by atoms with E-state index in [-0.39, 0.29) is 18.0 Å². The quantitative estimate of drug-likeness (QED) is 0.355. The Kier molecular flexibility index (Phi) is 6.11. The number of carbonyl (C=O) groups is 1. The van der Waals surface area contributed by atoms with Gasteiger partial charge >= 0.3 is 7.12 Å². The molecule has 0 spiro atoms. The number of halogens is 2. The number of benzene rings is 2. The SMILES string of the molecule is Cc1ccc(Cl)cc1N1C(=O)c2cc(B3OC(C)(C)C(C)(C)O3)n(C(C)C)c2C1c1ccc(Cl)cc1. The van der Waals surface area contributed by atoms with Crippen molar-refractivity contribution >= 4 is 47.5 Å². The summed E-state index contributed by atoms with van der Waals surface area (Å²) in [6.07, 6.45) is 0. The minimum absolute atomic E-state index is 0.0609. The molecule has 0 aliphatic carbocycles. The summed E-state index contributed by atoms with van der Waals surface area (Å²) in [6.45, 7) is 14.4. The van der Waals surface area contributed by atoms with Gasteiger partial charge in [0.05, 0.1) is 22.5 Å². The molecule has 2 aliphatic rings. The van der Waals surface area contributed by atoms with Crippen molar-refractivity contribution < 1.29 is 14.1 Å². The molecule has 0 radical (unpaired) electrons. The van der Waals surface area contributed by atoms with Crippen molar-refractivity contribution in [2.45, 2.75) is 71.8 Å². The summed E-state index contributed by atoms with van der Waals surface area (Å²) < 4.78 is 15.0. The standard InChI is InChI=1S/C28H31BCl2N2O3/c1-16(2)32-23(29-35-27(4,5)28(6,7)36-29)15-21-25(32)24(18-9-12-19(30)13-10-18)33(26(21)34)22-14-20(31)11-8-17(22)3/h8-16,24H,1-7H3. The summed E-state index contributed by atoms with van der Waals surface area (Å²) >= 11 is 12.6. The van der Waals surface area contributed by atoms with Gasteiger partial charge in [-0.2, -0.15) is 0 Å². The van der Waals surface area contributed by atoms with E-state index in [0.29, 0.717) is 15.6 Å². The van der Waals surface area contributed by atoms with Crippen LogP contribution in [0.15, 0.2) is 48.5 Å². The van der Waals surface area contributed by atoms with Gasteiger partial charge in [-0.25, -0.2) is 0 Å². The Morgan fingerprint density at radius 1 is 0.917 bits per heavy atom. The molecule has 1 saturated heterocycles. The molecule has 0 N–H and O–H groups in total. The van der Waals surface area contributed by atoms with E-state index in [0.717, 1.165) is 28.1 Å². The van der Waals surface area contributed by atoms with Crippen LogP contribution in [0.2, 0.25) is 10.0 Å². The topological polar surface area (TPSA) is 43.7 Å². The molecule has 0 saturated carbocycles. The Bertz CT molecular complexity index is 1330. The number of aryl methyl sites for hydroxylation is 1. The van der Waals surface area contributed by atoms with Crippen LogP contribution < -0.4 is 10.5 Å². The molecular formula is C28H31BCl2N2O3. The number of anilines is 1. The largest absolute Gasteiger partial charge is 0.512 e. The van der Waals surface area contributed by atoms with E-state index in [2.05, 4.69) is 18.4 Å². The van der Waals surface area contributed by atoms with Crippen molar-refractivity contribution in [3.05, 3.63) is 81.0 Å². The zero-order valence-electron chi connectivity index (χ0n) is 21.7. The number of fused-ring (bicyclic) bond motifs is 1. The molecule has 188 valence electrons. The first-order chi connectivity index (χ1) is 16.8. The number of carbonyl (C=O) groups excluding carboxylic acids is 1. The summed E-state index contributed by atoms with van der Waals surface area (Å²) in [5.41, 5.74) is 4.16. The van der Waals surface area contributed by atoms with Crippen LogP contribution in [-0.2, 0) is 9.31 Å². The Hall–Kier alpha value is -2.25. The lowest BCUT2D eigenvalue weighted by molar-refractivity contribution is 0.00578. The molecule has 1 unspecified atom stereocenters. The summed E-state index contributed by atoms with van der Waals surface area (Å²) in [4.78, 5) is 16.0. The maximum absolute atomic E-state index is 14.1. The van der Waals surface area contributed by atoms with E-state index in [4.69, 9.17) is 32.5 Å². The molecule has 2 aromatic carbocycles. The first-order valence-corrected chi connectivity index (χ1v) is 13.0. The van der Waals surface area contributed by atoms with Gasteiger partial charge in [0, 0.05) is 27.4 Å². The second-order valence-corrected chi connectivity index (χ2v) is 11.9. The predicted molar refractivity (Wildman–Crippen MR) is 147 cm³/mol. The fourth-order valence-electron chi connectivity index (χ4n) is 5.14. The molecule has 1 aromatic heterocycles. The molecule has 8 heteroatoms. The monoisotopic (exact) mass is 524 g/mol. The van der Waals surface area contributed by atoms with E-state index < -0.39 is 18.3 Å². The molecule has 3 aromatic rings. The minimum Gasteiger partial charge on any atom is -0.398 e. The molecular weight excluding hydrogens is 494 g/mol. The highest BCUT2D eigenvalue weighted by molar-refractivity contribution is 6.61. The molecule has 36 heavy (non-hydrogen) atoms. The highest BCUT2D eigenvalue weighted by atomic mass is 35.5. The number of nitrogens with zero attached hydrogens (tertiary/aromatic N) is 2. The van der Waals surface area contributed by atoms with E-state index in [1.54, 1.807) is 0 Å². The Labute approximate surface area is 223 Å². The maximum Gasteiger partial charge on any atom is 0.512 e.